The number of non-ortho nitro benzene ring substituents is 1. The summed E-state index contributed by atoms with van der Waals surface area (Å²) in [6.45, 7) is 0. The lowest BCUT2D eigenvalue weighted by Crippen LogP contribution is -2.05. The molecule has 0 radical (unpaired) electrons. The molecule has 0 heterocycles. The van der Waals surface area contributed by atoms with Gasteiger partial charge in [-0.05, 0) is 35.4 Å². The fourth-order valence-electron chi connectivity index (χ4n) is 0.920. The normalized spacial score (nSPS) is 12.6. The Morgan fingerprint density at radius 1 is 1.38 bits per heavy atom. The van der Waals surface area contributed by atoms with Gasteiger partial charge in [-0.3, -0.25) is 10.1 Å². The van der Waals surface area contributed by atoms with Gasteiger partial charge in [0.15, 0.2) is 5.83 Å². The molecule has 0 atom stereocenters. The first-order valence-electron chi connectivity index (χ1n) is 3.99. The van der Waals surface area contributed by atoms with Crippen LogP contribution in [-0.4, -0.2) is 10.3 Å². The molecule has 0 saturated carbocycles. The van der Waals surface area contributed by atoms with E-state index in [9.17, 15) is 23.3 Å². The van der Waals surface area contributed by atoms with Gasteiger partial charge in [-0.2, -0.15) is 8.78 Å². The maximum atomic E-state index is 12.7. The van der Waals surface area contributed by atoms with Crippen molar-refractivity contribution in [2.75, 3.05) is 0 Å². The topological polar surface area (TPSA) is 43.1 Å². The first-order valence-corrected chi connectivity index (χ1v) is 4.37. The van der Waals surface area contributed by atoms with E-state index in [0.717, 1.165) is 24.3 Å². The molecule has 1 aromatic carbocycles. The highest BCUT2D eigenvalue weighted by molar-refractivity contribution is 6.23. The summed E-state index contributed by atoms with van der Waals surface area (Å²) < 4.78 is 37.1. The first-order chi connectivity index (χ1) is 7.30. The fraction of sp³-hybridized carbons (Fsp3) is 0.111. The van der Waals surface area contributed by atoms with E-state index >= 15 is 0 Å². The lowest BCUT2D eigenvalue weighted by atomic mass is 10.2. The average Bonchev–Trinajstić information content (AvgIpc) is 2.17. The highest BCUT2D eigenvalue weighted by Gasteiger charge is 2.31. The van der Waals surface area contributed by atoms with Gasteiger partial charge in [-0.15, -0.1) is 0 Å². The van der Waals surface area contributed by atoms with Crippen molar-refractivity contribution in [3.8, 4) is 0 Å². The summed E-state index contributed by atoms with van der Waals surface area (Å²) in [4.78, 5) is 9.62. The second-order valence-electron chi connectivity index (χ2n) is 2.84. The van der Waals surface area contributed by atoms with Crippen LogP contribution in [0.1, 0.15) is 5.56 Å². The van der Waals surface area contributed by atoms with E-state index in [1.165, 1.54) is 0 Å². The third-order valence-corrected chi connectivity index (χ3v) is 1.85. The van der Waals surface area contributed by atoms with Crippen molar-refractivity contribution in [3.05, 3.63) is 45.8 Å². The van der Waals surface area contributed by atoms with Crippen LogP contribution < -0.4 is 0 Å². The minimum atomic E-state index is -4.07. The third-order valence-electron chi connectivity index (χ3n) is 1.67. The number of nitrogens with zero attached hydrogens (tertiary/aromatic N) is 1. The number of nitro groups is 1. The van der Waals surface area contributed by atoms with Crippen LogP contribution in [0.2, 0.25) is 0 Å². The summed E-state index contributed by atoms with van der Waals surface area (Å²) in [5, 5.41) is 6.20. The summed E-state index contributed by atoms with van der Waals surface area (Å²) in [5.41, 5.74) is -0.154. The quantitative estimate of drug-likeness (QED) is 0.467. The Balaban J connectivity index is 2.96. The van der Waals surface area contributed by atoms with Gasteiger partial charge in [0, 0.05) is 12.1 Å². The van der Waals surface area contributed by atoms with E-state index in [1.807, 2.05) is 0 Å². The molecule has 0 aliphatic carbocycles. The highest BCUT2D eigenvalue weighted by Crippen LogP contribution is 2.31. The van der Waals surface area contributed by atoms with Gasteiger partial charge in [0.1, 0.15) is 0 Å². The van der Waals surface area contributed by atoms with E-state index in [1.54, 1.807) is 0 Å². The molecule has 7 heteroatoms. The molecule has 16 heavy (non-hydrogen) atoms. The predicted octanol–water partition coefficient (Wildman–Crippen LogP) is 3.74. The van der Waals surface area contributed by atoms with E-state index in [2.05, 4.69) is 11.6 Å². The van der Waals surface area contributed by atoms with Crippen LogP contribution in [0.15, 0.2) is 30.1 Å². The Morgan fingerprint density at radius 3 is 2.25 bits per heavy atom. The molecule has 0 aromatic heterocycles. The molecule has 0 unspecified atom stereocenters. The summed E-state index contributed by atoms with van der Waals surface area (Å²) in [5.74, 6) is -1.82. The zero-order chi connectivity index (χ0) is 12.3. The smallest absolute Gasteiger partial charge is 0.258 e. The van der Waals surface area contributed by atoms with E-state index in [-0.39, 0.29) is 11.3 Å². The summed E-state index contributed by atoms with van der Waals surface area (Å²) in [6, 6.07) is 4.43. The largest absolute Gasteiger partial charge is 0.373 e. The molecule has 0 spiro atoms. The zero-order valence-corrected chi connectivity index (χ0v) is 8.42. The molecule has 0 aliphatic heterocycles. The second kappa shape index (κ2) is 4.52. The van der Waals surface area contributed by atoms with E-state index < -0.39 is 16.1 Å². The molecule has 0 aliphatic rings. The van der Waals surface area contributed by atoms with Gasteiger partial charge in [0.2, 0.25) is 0 Å². The number of hydrogen-bond donors (Lipinski definition) is 0. The van der Waals surface area contributed by atoms with Crippen LogP contribution in [0.3, 0.4) is 0 Å². The summed E-state index contributed by atoms with van der Waals surface area (Å²) in [6.07, 6.45) is 0.511. The average molecular weight is 252 g/mol. The van der Waals surface area contributed by atoms with Crippen LogP contribution in [-0.2, 0) is 0 Å². The van der Waals surface area contributed by atoms with Crippen LogP contribution in [0, 0.1) is 10.1 Å². The van der Waals surface area contributed by atoms with Crippen LogP contribution in [0.25, 0.3) is 6.08 Å². The van der Waals surface area contributed by atoms with Crippen molar-refractivity contribution in [1.82, 2.24) is 0 Å². The molecule has 0 bridgehead atoms. The van der Waals surface area contributed by atoms with Crippen LogP contribution in [0.5, 0.6) is 0 Å². The molecule has 86 valence electrons. The third kappa shape index (κ3) is 3.23. The van der Waals surface area contributed by atoms with Crippen LogP contribution >= 0.6 is 11.6 Å². The van der Waals surface area contributed by atoms with Gasteiger partial charge in [0.25, 0.3) is 5.69 Å². The Morgan fingerprint density at radius 2 is 1.88 bits per heavy atom. The molecular formula is C9H5ClF3NO2. The second-order valence-corrected chi connectivity index (χ2v) is 3.31. The Labute approximate surface area is 93.3 Å². The van der Waals surface area contributed by atoms with Crippen LogP contribution in [0.4, 0.5) is 18.9 Å². The van der Waals surface area contributed by atoms with Crippen molar-refractivity contribution < 1.29 is 18.1 Å². The van der Waals surface area contributed by atoms with Gasteiger partial charge in [-0.1, -0.05) is 0 Å². The van der Waals surface area contributed by atoms with Crippen molar-refractivity contribution in [3.63, 3.8) is 0 Å². The highest BCUT2D eigenvalue weighted by atomic mass is 35.5. The minimum Gasteiger partial charge on any atom is -0.258 e. The standard InChI is InChI=1S/C9H5ClF3NO2/c10-9(12,13)8(11)5-6-1-3-7(4-2-6)14(15)16/h1-5H/b8-5-. The van der Waals surface area contributed by atoms with Gasteiger partial charge < -0.3 is 0 Å². The number of nitro benzene ring substituents is 1. The molecular weight excluding hydrogens is 247 g/mol. The predicted molar refractivity (Wildman–Crippen MR) is 53.0 cm³/mol. The number of hydrogen-bond acceptors (Lipinski definition) is 2. The minimum absolute atomic E-state index is 0.0587. The Kier molecular flexibility index (Phi) is 3.54. The van der Waals surface area contributed by atoms with Crippen molar-refractivity contribution in [2.24, 2.45) is 0 Å². The number of allylic oxidation sites excluding steroid dienone is 1. The molecule has 3 nitrogen and oxygen atoms in total. The molecule has 0 amide bonds. The Bertz CT molecular complexity index is 425. The van der Waals surface area contributed by atoms with Crippen molar-refractivity contribution in [1.29, 1.82) is 0 Å². The number of alkyl halides is 3. The number of halogens is 4. The van der Waals surface area contributed by atoms with Gasteiger partial charge >= 0.3 is 5.38 Å². The monoisotopic (exact) mass is 251 g/mol. The molecule has 1 aromatic rings. The number of rotatable bonds is 3. The Hall–Kier alpha value is -1.56. The first kappa shape index (κ1) is 12.5. The SMILES string of the molecule is O=[N+]([O-])c1ccc(/C=C(\F)C(F)(F)Cl)cc1. The maximum Gasteiger partial charge on any atom is 0.373 e. The molecule has 0 fully saturated rings. The molecule has 1 rings (SSSR count). The van der Waals surface area contributed by atoms with E-state index in [4.69, 9.17) is 0 Å². The number of benzene rings is 1. The zero-order valence-electron chi connectivity index (χ0n) is 7.66. The molecule has 0 saturated heterocycles. The van der Waals surface area contributed by atoms with E-state index in [0.29, 0.717) is 6.08 Å². The lowest BCUT2D eigenvalue weighted by molar-refractivity contribution is -0.384. The lowest BCUT2D eigenvalue weighted by Gasteiger charge is -2.03. The van der Waals surface area contributed by atoms with Crippen molar-refractivity contribution in [2.45, 2.75) is 5.38 Å². The van der Waals surface area contributed by atoms with Gasteiger partial charge in [-0.25, -0.2) is 4.39 Å². The van der Waals surface area contributed by atoms with Crippen molar-refractivity contribution >= 4 is 23.4 Å². The fourth-order valence-corrected chi connectivity index (χ4v) is 0.975. The maximum absolute atomic E-state index is 12.7. The van der Waals surface area contributed by atoms with Gasteiger partial charge in [0.05, 0.1) is 4.92 Å². The summed E-state index contributed by atoms with van der Waals surface area (Å²) in [7, 11) is 0. The summed E-state index contributed by atoms with van der Waals surface area (Å²) >= 11 is 4.43. The molecule has 0 N–H and O–H groups in total.